The monoisotopic (exact) mass is 185 g/mol. The van der Waals surface area contributed by atoms with E-state index in [-0.39, 0.29) is 12.5 Å². The molecule has 0 bridgehead atoms. The molecule has 0 spiro atoms. The second kappa shape index (κ2) is 4.58. The molecule has 1 aromatic heterocycles. The first kappa shape index (κ1) is 9.69. The number of aromatic nitrogens is 1. The van der Waals surface area contributed by atoms with Crippen molar-refractivity contribution in [3.63, 3.8) is 0 Å². The van der Waals surface area contributed by atoms with E-state index in [0.717, 1.165) is 0 Å². The highest BCUT2D eigenvalue weighted by atomic mass is 16.7. The molecule has 1 amide bonds. The molecule has 6 nitrogen and oxygen atoms in total. The first-order valence-electron chi connectivity index (χ1n) is 3.68. The zero-order valence-corrected chi connectivity index (χ0v) is 7.48. The van der Waals surface area contributed by atoms with Crippen LogP contribution in [0.5, 0.6) is 0 Å². The van der Waals surface area contributed by atoms with Crippen LogP contribution in [0.4, 0.5) is 5.82 Å². The molecule has 0 saturated carbocycles. The van der Waals surface area contributed by atoms with Crippen molar-refractivity contribution < 1.29 is 14.2 Å². The van der Waals surface area contributed by atoms with Crippen molar-refractivity contribution in [2.24, 2.45) is 0 Å². The van der Waals surface area contributed by atoms with E-state index in [1.165, 1.54) is 18.4 Å². The van der Waals surface area contributed by atoms with Gasteiger partial charge < -0.3 is 14.7 Å². The van der Waals surface area contributed by atoms with Crippen molar-refractivity contribution in [1.29, 1.82) is 0 Å². The first-order valence-corrected chi connectivity index (χ1v) is 3.68. The van der Waals surface area contributed by atoms with Crippen molar-refractivity contribution in [2.45, 2.75) is 0 Å². The Morgan fingerprint density at radius 3 is 3.15 bits per heavy atom. The average Bonchev–Trinajstić information content (AvgIpc) is 2.56. The number of likely N-dealkylation sites (N-methyl/N-ethyl adjacent to an activating group) is 1. The highest BCUT2D eigenvalue weighted by molar-refractivity contribution is 5.91. The van der Waals surface area contributed by atoms with Crippen molar-refractivity contribution in [3.05, 3.63) is 12.3 Å². The molecule has 1 aromatic rings. The van der Waals surface area contributed by atoms with Crippen LogP contribution in [0.15, 0.2) is 16.9 Å². The molecule has 1 N–H and O–H groups in total. The molecular formula is C7H11N3O3. The van der Waals surface area contributed by atoms with E-state index in [1.54, 1.807) is 13.1 Å². The smallest absolute Gasteiger partial charge is 0.242 e. The molecule has 0 aliphatic rings. The first-order chi connectivity index (χ1) is 6.22. The van der Waals surface area contributed by atoms with Gasteiger partial charge in [-0.2, -0.15) is 5.06 Å². The van der Waals surface area contributed by atoms with Gasteiger partial charge in [0, 0.05) is 13.1 Å². The maximum atomic E-state index is 11.2. The molecule has 0 atom stereocenters. The number of hydrogen-bond acceptors (Lipinski definition) is 5. The summed E-state index contributed by atoms with van der Waals surface area (Å²) in [5.41, 5.74) is 0. The lowest BCUT2D eigenvalue weighted by Gasteiger charge is -2.11. The topological polar surface area (TPSA) is 67.6 Å². The number of carbonyl (C=O) groups excluding carboxylic acids is 1. The Kier molecular flexibility index (Phi) is 3.41. The molecule has 0 fully saturated rings. The lowest BCUT2D eigenvalue weighted by atomic mass is 10.5. The van der Waals surface area contributed by atoms with Gasteiger partial charge in [-0.1, -0.05) is 5.16 Å². The standard InChI is InChI=1S/C7H11N3O3/c1-10(12-2)5-7(11)8-6-3-4-13-9-6/h3-4H,5H2,1-2H3,(H,8,9,11). The summed E-state index contributed by atoms with van der Waals surface area (Å²) in [6, 6.07) is 1.56. The van der Waals surface area contributed by atoms with Gasteiger partial charge >= 0.3 is 0 Å². The van der Waals surface area contributed by atoms with Crippen LogP contribution in [0, 0.1) is 0 Å². The molecule has 0 aliphatic carbocycles. The Bertz CT molecular complexity index is 260. The van der Waals surface area contributed by atoms with Gasteiger partial charge in [-0.05, 0) is 0 Å². The summed E-state index contributed by atoms with van der Waals surface area (Å²) in [6.07, 6.45) is 1.38. The minimum Gasteiger partial charge on any atom is -0.363 e. The number of hydroxylamine groups is 2. The minimum absolute atomic E-state index is 0.142. The van der Waals surface area contributed by atoms with Crippen LogP contribution >= 0.6 is 0 Å². The summed E-state index contributed by atoms with van der Waals surface area (Å²) in [7, 11) is 3.14. The highest BCUT2D eigenvalue weighted by Gasteiger charge is 2.06. The molecule has 0 saturated heterocycles. The maximum absolute atomic E-state index is 11.2. The van der Waals surface area contributed by atoms with Gasteiger partial charge in [0.25, 0.3) is 0 Å². The number of hydrogen-bond donors (Lipinski definition) is 1. The van der Waals surface area contributed by atoms with Crippen LogP contribution in [-0.4, -0.2) is 36.8 Å². The number of nitrogens with one attached hydrogen (secondary N) is 1. The number of amides is 1. The van der Waals surface area contributed by atoms with E-state index in [9.17, 15) is 4.79 Å². The second-order valence-corrected chi connectivity index (χ2v) is 2.40. The van der Waals surface area contributed by atoms with Crippen LogP contribution in [-0.2, 0) is 9.63 Å². The van der Waals surface area contributed by atoms with Gasteiger partial charge in [0.05, 0.1) is 7.11 Å². The predicted molar refractivity (Wildman–Crippen MR) is 44.8 cm³/mol. The Balaban J connectivity index is 2.34. The van der Waals surface area contributed by atoms with Crippen LogP contribution in [0.2, 0.25) is 0 Å². The van der Waals surface area contributed by atoms with Crippen molar-refractivity contribution >= 4 is 11.7 Å². The van der Waals surface area contributed by atoms with Crippen molar-refractivity contribution in [2.75, 3.05) is 26.0 Å². The van der Waals surface area contributed by atoms with Crippen LogP contribution < -0.4 is 5.32 Å². The fourth-order valence-electron chi connectivity index (χ4n) is 0.726. The number of anilines is 1. The quantitative estimate of drug-likeness (QED) is 0.674. The summed E-state index contributed by atoms with van der Waals surface area (Å²) < 4.78 is 4.54. The summed E-state index contributed by atoms with van der Waals surface area (Å²) in [4.78, 5) is 15.9. The number of nitrogens with zero attached hydrogens (tertiary/aromatic N) is 2. The SMILES string of the molecule is CON(C)CC(=O)Nc1ccon1. The molecule has 13 heavy (non-hydrogen) atoms. The van der Waals surface area contributed by atoms with Crippen molar-refractivity contribution in [1.82, 2.24) is 10.2 Å². The van der Waals surface area contributed by atoms with Gasteiger partial charge in [0.15, 0.2) is 5.82 Å². The lowest BCUT2D eigenvalue weighted by Crippen LogP contribution is -2.29. The Morgan fingerprint density at radius 2 is 2.62 bits per heavy atom. The second-order valence-electron chi connectivity index (χ2n) is 2.40. The maximum Gasteiger partial charge on any atom is 0.242 e. The summed E-state index contributed by atoms with van der Waals surface area (Å²) in [6.45, 7) is 0.142. The summed E-state index contributed by atoms with van der Waals surface area (Å²) >= 11 is 0. The third kappa shape index (κ3) is 3.22. The molecular weight excluding hydrogens is 174 g/mol. The van der Waals surface area contributed by atoms with Gasteiger partial charge in [-0.25, -0.2) is 0 Å². The van der Waals surface area contributed by atoms with Gasteiger partial charge in [0.2, 0.25) is 5.91 Å². The summed E-state index contributed by atoms with van der Waals surface area (Å²) in [5, 5.41) is 7.44. The predicted octanol–water partition coefficient (Wildman–Crippen LogP) is 0.106. The number of rotatable bonds is 4. The van der Waals surface area contributed by atoms with Crippen LogP contribution in [0.25, 0.3) is 0 Å². The molecule has 0 aliphatic heterocycles. The van der Waals surface area contributed by atoms with Crippen LogP contribution in [0.3, 0.4) is 0 Å². The Labute approximate surface area is 75.4 Å². The highest BCUT2D eigenvalue weighted by Crippen LogP contribution is 2.00. The molecule has 1 heterocycles. The van der Waals surface area contributed by atoms with E-state index >= 15 is 0 Å². The van der Waals surface area contributed by atoms with Gasteiger partial charge in [-0.15, -0.1) is 0 Å². The fraction of sp³-hybridized carbons (Fsp3) is 0.429. The average molecular weight is 185 g/mol. The number of carbonyl (C=O) groups is 1. The Morgan fingerprint density at radius 1 is 1.85 bits per heavy atom. The molecule has 0 aromatic carbocycles. The molecule has 1 rings (SSSR count). The lowest BCUT2D eigenvalue weighted by molar-refractivity contribution is -0.137. The molecule has 0 unspecified atom stereocenters. The Hall–Kier alpha value is -1.40. The normalized spacial score (nSPS) is 10.4. The van der Waals surface area contributed by atoms with E-state index in [4.69, 9.17) is 4.84 Å². The van der Waals surface area contributed by atoms with Gasteiger partial charge in [0.1, 0.15) is 12.8 Å². The third-order valence-electron chi connectivity index (χ3n) is 1.38. The largest absolute Gasteiger partial charge is 0.363 e. The van der Waals surface area contributed by atoms with E-state index in [2.05, 4.69) is 15.0 Å². The van der Waals surface area contributed by atoms with Gasteiger partial charge in [-0.3, -0.25) is 4.79 Å². The van der Waals surface area contributed by atoms with E-state index in [0.29, 0.717) is 5.82 Å². The summed E-state index contributed by atoms with van der Waals surface area (Å²) in [5.74, 6) is 0.188. The third-order valence-corrected chi connectivity index (χ3v) is 1.38. The molecule has 0 radical (unpaired) electrons. The van der Waals surface area contributed by atoms with E-state index < -0.39 is 0 Å². The van der Waals surface area contributed by atoms with E-state index in [1.807, 2.05) is 0 Å². The molecule has 6 heteroatoms. The fourth-order valence-corrected chi connectivity index (χ4v) is 0.726. The minimum atomic E-state index is -0.210. The van der Waals surface area contributed by atoms with Crippen LogP contribution in [0.1, 0.15) is 0 Å². The zero-order chi connectivity index (χ0) is 9.68. The van der Waals surface area contributed by atoms with Crippen molar-refractivity contribution in [3.8, 4) is 0 Å². The molecule has 72 valence electrons. The zero-order valence-electron chi connectivity index (χ0n) is 7.48.